The van der Waals surface area contributed by atoms with Crippen molar-refractivity contribution < 1.29 is 4.79 Å². The average molecular weight is 296 g/mol. The first-order valence-electron chi connectivity index (χ1n) is 8.80. The molecule has 3 nitrogen and oxygen atoms in total. The van der Waals surface area contributed by atoms with Crippen LogP contribution in [0.1, 0.15) is 79.1 Å². The average Bonchev–Trinajstić information content (AvgIpc) is 2.89. The maximum absolute atomic E-state index is 12.2. The van der Waals surface area contributed by atoms with E-state index in [1.54, 1.807) is 0 Å². The number of amides is 1. The molecule has 0 bridgehead atoms. The molecule has 0 aromatic heterocycles. The molecule has 1 saturated carbocycles. The number of carbonyl (C=O) groups is 1. The zero-order chi connectivity index (χ0) is 15.9. The van der Waals surface area contributed by atoms with Crippen molar-refractivity contribution in [1.29, 1.82) is 0 Å². The van der Waals surface area contributed by atoms with Crippen molar-refractivity contribution in [2.75, 3.05) is 13.1 Å². The lowest BCUT2D eigenvalue weighted by molar-refractivity contribution is -0.122. The molecular formula is C18H36N2O. The SMILES string of the molecule is CCC1(CNC(=O)CCC(CCN)C(C)(C)C)CCCC1. The third kappa shape index (κ3) is 5.98. The Bertz CT molecular complexity index is 314. The smallest absolute Gasteiger partial charge is 0.220 e. The molecule has 0 aromatic carbocycles. The highest BCUT2D eigenvalue weighted by atomic mass is 16.1. The predicted molar refractivity (Wildman–Crippen MR) is 90.1 cm³/mol. The van der Waals surface area contributed by atoms with Crippen LogP contribution in [0.5, 0.6) is 0 Å². The van der Waals surface area contributed by atoms with E-state index >= 15 is 0 Å². The van der Waals surface area contributed by atoms with Crippen molar-refractivity contribution in [3.8, 4) is 0 Å². The fraction of sp³-hybridized carbons (Fsp3) is 0.944. The van der Waals surface area contributed by atoms with Crippen molar-refractivity contribution in [3.05, 3.63) is 0 Å². The Kier molecular flexibility index (Phi) is 7.19. The second-order valence-corrected chi connectivity index (χ2v) is 8.02. The largest absolute Gasteiger partial charge is 0.356 e. The first kappa shape index (κ1) is 18.5. The number of carbonyl (C=O) groups excluding carboxylic acids is 1. The molecule has 1 atom stereocenters. The molecule has 0 spiro atoms. The van der Waals surface area contributed by atoms with E-state index in [1.807, 2.05) is 0 Å². The third-order valence-electron chi connectivity index (χ3n) is 5.53. The molecule has 0 radical (unpaired) electrons. The van der Waals surface area contributed by atoms with Crippen LogP contribution in [0, 0.1) is 16.7 Å². The summed E-state index contributed by atoms with van der Waals surface area (Å²) in [4.78, 5) is 12.2. The highest BCUT2D eigenvalue weighted by molar-refractivity contribution is 5.75. The second kappa shape index (κ2) is 8.17. The van der Waals surface area contributed by atoms with E-state index in [0.29, 0.717) is 24.3 Å². The van der Waals surface area contributed by atoms with Gasteiger partial charge in [0, 0.05) is 13.0 Å². The lowest BCUT2D eigenvalue weighted by atomic mass is 9.76. The molecule has 3 heteroatoms. The van der Waals surface area contributed by atoms with Crippen LogP contribution in [0.2, 0.25) is 0 Å². The quantitative estimate of drug-likeness (QED) is 0.714. The fourth-order valence-corrected chi connectivity index (χ4v) is 3.67. The van der Waals surface area contributed by atoms with Crippen LogP contribution < -0.4 is 11.1 Å². The molecule has 1 aliphatic rings. The molecule has 1 amide bonds. The summed E-state index contributed by atoms with van der Waals surface area (Å²) in [5.41, 5.74) is 6.33. The minimum atomic E-state index is 0.223. The molecule has 0 heterocycles. The predicted octanol–water partition coefficient (Wildman–Crippen LogP) is 3.86. The zero-order valence-electron chi connectivity index (χ0n) is 14.6. The second-order valence-electron chi connectivity index (χ2n) is 8.02. The first-order valence-corrected chi connectivity index (χ1v) is 8.80. The molecular weight excluding hydrogens is 260 g/mol. The molecule has 0 aliphatic heterocycles. The van der Waals surface area contributed by atoms with E-state index in [4.69, 9.17) is 5.73 Å². The molecule has 0 saturated heterocycles. The number of nitrogens with one attached hydrogen (secondary N) is 1. The number of hydrogen-bond acceptors (Lipinski definition) is 2. The first-order chi connectivity index (χ1) is 9.83. The third-order valence-corrected chi connectivity index (χ3v) is 5.53. The van der Waals surface area contributed by atoms with Crippen LogP contribution in [-0.4, -0.2) is 19.0 Å². The van der Waals surface area contributed by atoms with E-state index in [2.05, 4.69) is 33.0 Å². The molecule has 21 heavy (non-hydrogen) atoms. The normalized spacial score (nSPS) is 19.5. The van der Waals surface area contributed by atoms with Gasteiger partial charge in [-0.15, -0.1) is 0 Å². The Morgan fingerprint density at radius 1 is 1.24 bits per heavy atom. The van der Waals surface area contributed by atoms with Gasteiger partial charge in [0.25, 0.3) is 0 Å². The maximum Gasteiger partial charge on any atom is 0.220 e. The van der Waals surface area contributed by atoms with Gasteiger partial charge in [-0.25, -0.2) is 0 Å². The van der Waals surface area contributed by atoms with E-state index in [-0.39, 0.29) is 11.3 Å². The number of hydrogen-bond donors (Lipinski definition) is 2. The summed E-state index contributed by atoms with van der Waals surface area (Å²) < 4.78 is 0. The van der Waals surface area contributed by atoms with Crippen LogP contribution >= 0.6 is 0 Å². The molecule has 124 valence electrons. The Morgan fingerprint density at radius 3 is 2.33 bits per heavy atom. The van der Waals surface area contributed by atoms with Crippen molar-refractivity contribution in [2.24, 2.45) is 22.5 Å². The summed E-state index contributed by atoms with van der Waals surface area (Å²) in [5, 5.41) is 3.20. The van der Waals surface area contributed by atoms with Crippen LogP contribution in [0.3, 0.4) is 0 Å². The molecule has 1 unspecified atom stereocenters. The van der Waals surface area contributed by atoms with Gasteiger partial charge in [-0.05, 0) is 55.4 Å². The van der Waals surface area contributed by atoms with Crippen molar-refractivity contribution in [2.45, 2.75) is 79.1 Å². The molecule has 0 aromatic rings. The Balaban J connectivity index is 2.36. The van der Waals surface area contributed by atoms with Crippen LogP contribution in [-0.2, 0) is 4.79 Å². The summed E-state index contributed by atoms with van der Waals surface area (Å²) in [6.07, 6.45) is 9.00. The highest BCUT2D eigenvalue weighted by Crippen LogP contribution is 2.40. The van der Waals surface area contributed by atoms with Gasteiger partial charge in [-0.1, -0.05) is 40.5 Å². The monoisotopic (exact) mass is 296 g/mol. The van der Waals surface area contributed by atoms with Crippen molar-refractivity contribution in [3.63, 3.8) is 0 Å². The lowest BCUT2D eigenvalue weighted by Gasteiger charge is -2.31. The number of rotatable bonds is 8. The Hall–Kier alpha value is -0.570. The van der Waals surface area contributed by atoms with Gasteiger partial charge in [0.15, 0.2) is 0 Å². The zero-order valence-corrected chi connectivity index (χ0v) is 14.6. The maximum atomic E-state index is 12.2. The van der Waals surface area contributed by atoms with Gasteiger partial charge in [0.1, 0.15) is 0 Å². The summed E-state index contributed by atoms with van der Waals surface area (Å²) in [7, 11) is 0. The van der Waals surface area contributed by atoms with E-state index in [0.717, 1.165) is 19.4 Å². The van der Waals surface area contributed by atoms with E-state index < -0.39 is 0 Å². The van der Waals surface area contributed by atoms with Gasteiger partial charge in [-0.3, -0.25) is 4.79 Å². The molecule has 1 fully saturated rings. The summed E-state index contributed by atoms with van der Waals surface area (Å²) in [5.74, 6) is 0.751. The minimum Gasteiger partial charge on any atom is -0.356 e. The Labute approximate surface area is 131 Å². The Morgan fingerprint density at radius 2 is 1.86 bits per heavy atom. The van der Waals surface area contributed by atoms with Crippen molar-refractivity contribution in [1.82, 2.24) is 5.32 Å². The molecule has 1 aliphatic carbocycles. The molecule has 1 rings (SSSR count). The van der Waals surface area contributed by atoms with Gasteiger partial charge >= 0.3 is 0 Å². The summed E-state index contributed by atoms with van der Waals surface area (Å²) in [6.45, 7) is 10.6. The number of nitrogens with two attached hydrogens (primary N) is 1. The van der Waals surface area contributed by atoms with Crippen LogP contribution in [0.4, 0.5) is 0 Å². The van der Waals surface area contributed by atoms with Crippen LogP contribution in [0.15, 0.2) is 0 Å². The fourth-order valence-electron chi connectivity index (χ4n) is 3.67. The van der Waals surface area contributed by atoms with Gasteiger partial charge < -0.3 is 11.1 Å². The summed E-state index contributed by atoms with van der Waals surface area (Å²) in [6, 6.07) is 0. The summed E-state index contributed by atoms with van der Waals surface area (Å²) >= 11 is 0. The topological polar surface area (TPSA) is 55.1 Å². The van der Waals surface area contributed by atoms with Gasteiger partial charge in [-0.2, -0.15) is 0 Å². The molecule has 3 N–H and O–H groups in total. The van der Waals surface area contributed by atoms with Crippen LogP contribution in [0.25, 0.3) is 0 Å². The van der Waals surface area contributed by atoms with Gasteiger partial charge in [0.2, 0.25) is 5.91 Å². The van der Waals surface area contributed by atoms with E-state index in [9.17, 15) is 4.79 Å². The lowest BCUT2D eigenvalue weighted by Crippen LogP contribution is -2.36. The van der Waals surface area contributed by atoms with Gasteiger partial charge in [0.05, 0.1) is 0 Å². The van der Waals surface area contributed by atoms with Crippen molar-refractivity contribution >= 4 is 5.91 Å². The standard InChI is InChI=1S/C18H36N2O/c1-5-18(11-6-7-12-18)14-20-16(21)9-8-15(10-13-19)17(2,3)4/h15H,5-14,19H2,1-4H3,(H,20,21). The van der Waals surface area contributed by atoms with E-state index in [1.165, 1.54) is 32.1 Å². The highest BCUT2D eigenvalue weighted by Gasteiger charge is 2.32. The minimum absolute atomic E-state index is 0.223.